The van der Waals surface area contributed by atoms with Crippen molar-refractivity contribution in [3.05, 3.63) is 39.6 Å². The molecule has 0 bridgehead atoms. The Kier molecular flexibility index (Phi) is 12.1. The van der Waals surface area contributed by atoms with Crippen LogP contribution < -0.4 is 0 Å². The van der Waals surface area contributed by atoms with Crippen LogP contribution in [-0.2, 0) is 0 Å². The van der Waals surface area contributed by atoms with E-state index >= 15 is 0 Å². The Morgan fingerprint density at radius 3 is 1.85 bits per heavy atom. The van der Waals surface area contributed by atoms with Gasteiger partial charge in [0.05, 0.1) is 4.88 Å². The predicted molar refractivity (Wildman–Crippen MR) is 157 cm³/mol. The summed E-state index contributed by atoms with van der Waals surface area (Å²) in [5.41, 5.74) is 1.43. The molecule has 0 aromatic carbocycles. The Morgan fingerprint density at radius 1 is 0.606 bits per heavy atom. The Hall–Kier alpha value is -0.550. The van der Waals surface area contributed by atoms with E-state index in [0.717, 1.165) is 0 Å². The van der Waals surface area contributed by atoms with E-state index in [0.29, 0.717) is 0 Å². The van der Waals surface area contributed by atoms with E-state index in [-0.39, 0.29) is 0 Å². The number of unbranched alkanes of at least 4 members (excludes halogenated alkanes) is 11. The van der Waals surface area contributed by atoms with Crippen molar-refractivity contribution in [2.45, 2.75) is 110 Å². The molecule has 0 saturated carbocycles. The molecule has 0 radical (unpaired) electrons. The minimum atomic E-state index is 1.25. The van der Waals surface area contributed by atoms with Gasteiger partial charge in [-0.25, -0.2) is 0 Å². The maximum absolute atomic E-state index is 2.42. The first-order valence-electron chi connectivity index (χ1n) is 13.0. The highest BCUT2D eigenvalue weighted by molar-refractivity contribution is 7.99. The minimum Gasteiger partial charge on any atom is -0.140 e. The molecule has 3 aromatic heterocycles. The standard InChI is InChI=1S/C29H42S4/c1-5-6-7-8-9-10-11-12-13-14-15-16-19-30-27-21-24(4)32-29(27)28-22(2)20-26(33-28)25-18-17-23(3)31-25/h17-18,20-21H,5-16,19H2,1-4H3. The van der Waals surface area contributed by atoms with Crippen LogP contribution >= 0.6 is 45.8 Å². The molecule has 0 nitrogen and oxygen atoms in total. The monoisotopic (exact) mass is 518 g/mol. The Labute approximate surface area is 219 Å². The average molecular weight is 519 g/mol. The second-order valence-electron chi connectivity index (χ2n) is 9.32. The molecule has 4 heteroatoms. The average Bonchev–Trinajstić information content (AvgIpc) is 3.49. The zero-order valence-corrected chi connectivity index (χ0v) is 24.4. The smallest absolute Gasteiger partial charge is 0.0584 e. The summed E-state index contributed by atoms with van der Waals surface area (Å²) in [7, 11) is 0. The number of hydrogen-bond donors (Lipinski definition) is 0. The van der Waals surface area contributed by atoms with E-state index < -0.39 is 0 Å². The van der Waals surface area contributed by atoms with Gasteiger partial charge in [0.25, 0.3) is 0 Å². The summed E-state index contributed by atoms with van der Waals surface area (Å²) in [6.45, 7) is 9.04. The summed E-state index contributed by atoms with van der Waals surface area (Å²) in [6.07, 6.45) is 17.1. The molecule has 33 heavy (non-hydrogen) atoms. The van der Waals surface area contributed by atoms with Gasteiger partial charge < -0.3 is 0 Å². The van der Waals surface area contributed by atoms with Crippen LogP contribution in [0.25, 0.3) is 19.5 Å². The van der Waals surface area contributed by atoms with Gasteiger partial charge in [0.15, 0.2) is 0 Å². The van der Waals surface area contributed by atoms with E-state index in [4.69, 9.17) is 0 Å². The van der Waals surface area contributed by atoms with Crippen LogP contribution in [-0.4, -0.2) is 5.75 Å². The van der Waals surface area contributed by atoms with Crippen LogP contribution in [0.2, 0.25) is 0 Å². The fraction of sp³-hybridized carbons (Fsp3) is 0.586. The van der Waals surface area contributed by atoms with Crippen LogP contribution in [0.3, 0.4) is 0 Å². The lowest BCUT2D eigenvalue weighted by Crippen LogP contribution is -1.84. The third kappa shape index (κ3) is 8.87. The molecule has 0 N–H and O–H groups in total. The molecule has 3 rings (SSSR count). The fourth-order valence-corrected chi connectivity index (χ4v) is 9.02. The number of thiophene rings is 3. The van der Waals surface area contributed by atoms with Crippen molar-refractivity contribution in [1.82, 2.24) is 0 Å². The molecule has 3 heterocycles. The molecule has 0 spiro atoms. The van der Waals surface area contributed by atoms with E-state index in [1.54, 1.807) is 0 Å². The summed E-state index contributed by atoms with van der Waals surface area (Å²) >= 11 is 7.94. The molecule has 0 aliphatic carbocycles. The minimum absolute atomic E-state index is 1.25. The molecule has 3 aromatic rings. The lowest BCUT2D eigenvalue weighted by Gasteiger charge is -2.05. The van der Waals surface area contributed by atoms with Gasteiger partial charge in [0.2, 0.25) is 0 Å². The van der Waals surface area contributed by atoms with Gasteiger partial charge >= 0.3 is 0 Å². The van der Waals surface area contributed by atoms with Gasteiger partial charge in [-0.3, -0.25) is 0 Å². The Balaban J connectivity index is 1.38. The fourth-order valence-electron chi connectivity index (χ4n) is 4.28. The first-order chi connectivity index (χ1) is 16.1. The first kappa shape index (κ1) is 27.0. The predicted octanol–water partition coefficient (Wildman–Crippen LogP) is 11.9. The topological polar surface area (TPSA) is 0 Å². The maximum Gasteiger partial charge on any atom is 0.0584 e. The first-order valence-corrected chi connectivity index (χ1v) is 16.4. The molecule has 0 aliphatic rings. The summed E-state index contributed by atoms with van der Waals surface area (Å²) in [4.78, 5) is 10.1. The van der Waals surface area contributed by atoms with Crippen LogP contribution in [0.4, 0.5) is 0 Å². The van der Waals surface area contributed by atoms with Gasteiger partial charge in [-0.2, -0.15) is 0 Å². The van der Waals surface area contributed by atoms with E-state index in [9.17, 15) is 0 Å². The molecular weight excluding hydrogens is 477 g/mol. The molecule has 182 valence electrons. The van der Waals surface area contributed by atoms with Crippen molar-refractivity contribution in [3.8, 4) is 19.5 Å². The number of rotatable bonds is 16. The molecule has 0 amide bonds. The molecular formula is C29H42S4. The van der Waals surface area contributed by atoms with Crippen LogP contribution in [0.15, 0.2) is 29.2 Å². The van der Waals surface area contributed by atoms with Crippen molar-refractivity contribution in [2.75, 3.05) is 5.75 Å². The van der Waals surface area contributed by atoms with Crippen LogP contribution in [0.5, 0.6) is 0 Å². The van der Waals surface area contributed by atoms with Gasteiger partial charge in [0.1, 0.15) is 0 Å². The molecule has 0 saturated heterocycles. The lowest BCUT2D eigenvalue weighted by atomic mass is 10.1. The van der Waals surface area contributed by atoms with Crippen molar-refractivity contribution >= 4 is 45.8 Å². The van der Waals surface area contributed by atoms with Crippen molar-refractivity contribution in [3.63, 3.8) is 0 Å². The van der Waals surface area contributed by atoms with Crippen molar-refractivity contribution < 1.29 is 0 Å². The number of thioether (sulfide) groups is 1. The van der Waals surface area contributed by atoms with Gasteiger partial charge in [-0.05, 0) is 62.8 Å². The highest BCUT2D eigenvalue weighted by Gasteiger charge is 2.16. The van der Waals surface area contributed by atoms with Gasteiger partial charge in [-0.1, -0.05) is 77.6 Å². The summed E-state index contributed by atoms with van der Waals surface area (Å²) in [5.74, 6) is 1.25. The second kappa shape index (κ2) is 14.8. The molecule has 0 aliphatic heterocycles. The lowest BCUT2D eigenvalue weighted by molar-refractivity contribution is 0.548. The SMILES string of the molecule is CCCCCCCCCCCCCCSc1cc(C)sc1-c1sc(-c2ccc(C)s2)cc1C. The highest BCUT2D eigenvalue weighted by Crippen LogP contribution is 2.46. The van der Waals surface area contributed by atoms with Gasteiger partial charge in [-0.15, -0.1) is 45.8 Å². The molecule has 0 fully saturated rings. The number of aryl methyl sites for hydroxylation is 3. The normalized spacial score (nSPS) is 11.5. The molecule has 0 unspecified atom stereocenters. The summed E-state index contributed by atoms with van der Waals surface area (Å²) < 4.78 is 0. The van der Waals surface area contributed by atoms with Crippen molar-refractivity contribution in [2.24, 2.45) is 0 Å². The molecule has 0 atom stereocenters. The Bertz CT molecular complexity index is 943. The van der Waals surface area contributed by atoms with E-state index in [1.165, 1.54) is 123 Å². The van der Waals surface area contributed by atoms with Crippen molar-refractivity contribution in [1.29, 1.82) is 0 Å². The third-order valence-electron chi connectivity index (χ3n) is 6.18. The Morgan fingerprint density at radius 2 is 1.24 bits per heavy atom. The van der Waals surface area contributed by atoms with Gasteiger partial charge in [0, 0.05) is 29.3 Å². The highest BCUT2D eigenvalue weighted by atomic mass is 32.2. The largest absolute Gasteiger partial charge is 0.140 e. The summed E-state index contributed by atoms with van der Waals surface area (Å²) in [5, 5.41) is 0. The third-order valence-corrected chi connectivity index (χ3v) is 11.1. The van der Waals surface area contributed by atoms with E-state index in [1.807, 2.05) is 34.0 Å². The summed E-state index contributed by atoms with van der Waals surface area (Å²) in [6, 6.07) is 9.32. The quantitative estimate of drug-likeness (QED) is 0.134. The number of hydrogen-bond acceptors (Lipinski definition) is 4. The van der Waals surface area contributed by atoms with Crippen LogP contribution in [0, 0.1) is 20.8 Å². The second-order valence-corrected chi connectivity index (χ2v) is 14.1. The zero-order chi connectivity index (χ0) is 23.5. The van der Waals surface area contributed by atoms with Crippen LogP contribution in [0.1, 0.15) is 99.3 Å². The zero-order valence-electron chi connectivity index (χ0n) is 21.1. The van der Waals surface area contributed by atoms with E-state index in [2.05, 4.69) is 63.7 Å². The maximum atomic E-state index is 2.42.